The summed E-state index contributed by atoms with van der Waals surface area (Å²) in [6.45, 7) is 1.60. The van der Waals surface area contributed by atoms with Crippen molar-refractivity contribution in [1.82, 2.24) is 15.0 Å². The lowest BCUT2D eigenvalue weighted by molar-refractivity contribution is 0.262. The third-order valence-corrected chi connectivity index (χ3v) is 5.09. The molecule has 0 aliphatic heterocycles. The highest BCUT2D eigenvalue weighted by molar-refractivity contribution is 7.19. The van der Waals surface area contributed by atoms with Crippen LogP contribution in [0.2, 0.25) is 0 Å². The smallest absolute Gasteiger partial charge is 0.240 e. The van der Waals surface area contributed by atoms with Crippen LogP contribution in [0.25, 0.3) is 10.1 Å². The van der Waals surface area contributed by atoms with Crippen LogP contribution in [0.1, 0.15) is 29.4 Å². The lowest BCUT2D eigenvalue weighted by Crippen LogP contribution is -2.16. The van der Waals surface area contributed by atoms with E-state index in [2.05, 4.69) is 52.4 Å². The normalized spacial score (nSPS) is 15.0. The largest absolute Gasteiger partial charge is 0.338 e. The van der Waals surface area contributed by atoms with Gasteiger partial charge in [0.1, 0.15) is 0 Å². The average molecular weight is 313 g/mol. The Bertz CT molecular complexity index is 742. The molecule has 0 amide bonds. The van der Waals surface area contributed by atoms with Gasteiger partial charge in [-0.25, -0.2) is 0 Å². The van der Waals surface area contributed by atoms with Crippen LogP contribution < -0.4 is 0 Å². The first kappa shape index (κ1) is 13.9. The second kappa shape index (κ2) is 5.82. The summed E-state index contributed by atoms with van der Waals surface area (Å²) in [7, 11) is 2.09. The second-order valence-corrected chi connectivity index (χ2v) is 7.34. The summed E-state index contributed by atoms with van der Waals surface area (Å²) in [5.41, 5.74) is 0. The van der Waals surface area contributed by atoms with Crippen molar-refractivity contribution in [1.29, 1.82) is 0 Å². The molecule has 0 N–H and O–H groups in total. The molecule has 1 aliphatic rings. The van der Waals surface area contributed by atoms with Crippen molar-refractivity contribution >= 4 is 21.4 Å². The van der Waals surface area contributed by atoms with Crippen LogP contribution in [0, 0.1) is 5.92 Å². The number of hydrogen-bond donors (Lipinski definition) is 0. The van der Waals surface area contributed by atoms with Crippen LogP contribution in [0.4, 0.5) is 0 Å². The van der Waals surface area contributed by atoms with Crippen LogP contribution in [0.3, 0.4) is 0 Å². The van der Waals surface area contributed by atoms with E-state index >= 15 is 0 Å². The van der Waals surface area contributed by atoms with E-state index in [-0.39, 0.29) is 0 Å². The van der Waals surface area contributed by atoms with Gasteiger partial charge in [0, 0.05) is 22.5 Å². The van der Waals surface area contributed by atoms with Crippen molar-refractivity contribution < 1.29 is 4.52 Å². The molecule has 0 unspecified atom stereocenters. The summed E-state index contributed by atoms with van der Waals surface area (Å²) >= 11 is 1.85. The minimum absolute atomic E-state index is 0.700. The van der Waals surface area contributed by atoms with Gasteiger partial charge in [-0.2, -0.15) is 4.98 Å². The number of hydrogen-bond acceptors (Lipinski definition) is 5. The first-order valence-corrected chi connectivity index (χ1v) is 8.55. The van der Waals surface area contributed by atoms with Crippen molar-refractivity contribution in [2.75, 3.05) is 7.05 Å². The highest BCUT2D eigenvalue weighted by atomic mass is 32.1. The van der Waals surface area contributed by atoms with Gasteiger partial charge in [0.05, 0.1) is 6.54 Å². The Morgan fingerprint density at radius 1 is 1.27 bits per heavy atom. The lowest BCUT2D eigenvalue weighted by atomic mass is 10.2. The monoisotopic (exact) mass is 313 g/mol. The van der Waals surface area contributed by atoms with Crippen LogP contribution >= 0.6 is 11.3 Å². The Balaban J connectivity index is 1.38. The average Bonchev–Trinajstić information content (AvgIpc) is 3.04. The van der Waals surface area contributed by atoms with Gasteiger partial charge in [0.15, 0.2) is 5.82 Å². The number of rotatable bonds is 6. The quantitative estimate of drug-likeness (QED) is 0.693. The zero-order chi connectivity index (χ0) is 14.9. The van der Waals surface area contributed by atoms with Crippen LogP contribution in [-0.2, 0) is 19.5 Å². The van der Waals surface area contributed by atoms with Gasteiger partial charge in [-0.1, -0.05) is 23.4 Å². The molecule has 2 aromatic heterocycles. The summed E-state index contributed by atoms with van der Waals surface area (Å²) in [4.78, 5) is 8.08. The Morgan fingerprint density at radius 3 is 2.95 bits per heavy atom. The SMILES string of the molecule is CN(Cc1nc(CC2CC2)no1)Cc1cc2ccccc2s1. The molecule has 114 valence electrons. The summed E-state index contributed by atoms with van der Waals surface area (Å²) in [5, 5.41) is 5.40. The fourth-order valence-electron chi connectivity index (χ4n) is 2.69. The van der Waals surface area contributed by atoms with Crippen LogP contribution in [-0.4, -0.2) is 22.1 Å². The fraction of sp³-hybridized carbons (Fsp3) is 0.412. The minimum atomic E-state index is 0.700. The second-order valence-electron chi connectivity index (χ2n) is 6.17. The molecule has 2 heterocycles. The Hall–Kier alpha value is -1.72. The maximum Gasteiger partial charge on any atom is 0.240 e. The van der Waals surface area contributed by atoms with Crippen molar-refractivity contribution in [2.45, 2.75) is 32.4 Å². The van der Waals surface area contributed by atoms with E-state index in [1.54, 1.807) is 0 Å². The highest BCUT2D eigenvalue weighted by Crippen LogP contribution is 2.31. The first-order valence-electron chi connectivity index (χ1n) is 7.74. The van der Waals surface area contributed by atoms with Crippen molar-refractivity contribution in [3.63, 3.8) is 0 Å². The first-order chi connectivity index (χ1) is 10.8. The lowest BCUT2D eigenvalue weighted by Gasteiger charge is -2.12. The standard InChI is InChI=1S/C17H19N3OS/c1-20(10-14-9-13-4-2-3-5-15(13)22-14)11-17-18-16(19-21-17)8-12-6-7-12/h2-5,9,12H,6-8,10-11H2,1H3. The Kier molecular flexibility index (Phi) is 3.68. The van der Waals surface area contributed by atoms with E-state index in [0.29, 0.717) is 6.54 Å². The number of thiophene rings is 1. The fourth-order valence-corrected chi connectivity index (χ4v) is 3.83. The molecular formula is C17H19N3OS. The molecule has 5 heteroatoms. The summed E-state index contributed by atoms with van der Waals surface area (Å²) in [6.07, 6.45) is 3.61. The Labute approximate surface area is 133 Å². The molecule has 0 spiro atoms. The van der Waals surface area contributed by atoms with Gasteiger partial charge in [-0.15, -0.1) is 11.3 Å². The topological polar surface area (TPSA) is 42.2 Å². The molecule has 0 atom stereocenters. The molecule has 4 rings (SSSR count). The third kappa shape index (κ3) is 3.20. The van der Waals surface area contributed by atoms with Gasteiger partial charge in [0.25, 0.3) is 0 Å². The molecule has 22 heavy (non-hydrogen) atoms. The molecular weight excluding hydrogens is 294 g/mol. The molecule has 0 radical (unpaired) electrons. The highest BCUT2D eigenvalue weighted by Gasteiger charge is 2.24. The summed E-state index contributed by atoms with van der Waals surface area (Å²) < 4.78 is 6.70. The number of aromatic nitrogens is 2. The predicted octanol–water partition coefficient (Wildman–Crippen LogP) is 3.87. The zero-order valence-electron chi connectivity index (χ0n) is 12.7. The molecule has 1 saturated carbocycles. The van der Waals surface area contributed by atoms with Gasteiger partial charge < -0.3 is 4.52 Å². The number of fused-ring (bicyclic) bond motifs is 1. The maximum atomic E-state index is 5.36. The van der Waals surface area contributed by atoms with Gasteiger partial charge in [-0.3, -0.25) is 4.90 Å². The van der Waals surface area contributed by atoms with E-state index in [4.69, 9.17) is 4.52 Å². The number of benzene rings is 1. The van der Waals surface area contributed by atoms with Crippen molar-refractivity contribution in [3.8, 4) is 0 Å². The molecule has 0 bridgehead atoms. The maximum absolute atomic E-state index is 5.36. The molecule has 1 aromatic carbocycles. The Morgan fingerprint density at radius 2 is 2.14 bits per heavy atom. The van der Waals surface area contributed by atoms with E-state index in [1.807, 2.05) is 11.3 Å². The van der Waals surface area contributed by atoms with E-state index < -0.39 is 0 Å². The van der Waals surface area contributed by atoms with Gasteiger partial charge in [-0.05, 0) is 43.3 Å². The van der Waals surface area contributed by atoms with Crippen LogP contribution in [0.15, 0.2) is 34.9 Å². The van der Waals surface area contributed by atoms with Crippen molar-refractivity contribution in [3.05, 3.63) is 46.9 Å². The van der Waals surface area contributed by atoms with E-state index in [1.165, 1.54) is 27.8 Å². The molecule has 3 aromatic rings. The molecule has 1 aliphatic carbocycles. The predicted molar refractivity (Wildman–Crippen MR) is 87.7 cm³/mol. The molecule has 4 nitrogen and oxygen atoms in total. The summed E-state index contributed by atoms with van der Waals surface area (Å²) in [5.74, 6) is 2.38. The summed E-state index contributed by atoms with van der Waals surface area (Å²) in [6, 6.07) is 10.8. The minimum Gasteiger partial charge on any atom is -0.338 e. The van der Waals surface area contributed by atoms with E-state index in [0.717, 1.165) is 30.6 Å². The van der Waals surface area contributed by atoms with Gasteiger partial charge >= 0.3 is 0 Å². The third-order valence-electron chi connectivity index (χ3n) is 3.99. The van der Waals surface area contributed by atoms with Crippen molar-refractivity contribution in [2.24, 2.45) is 5.92 Å². The molecule has 0 saturated heterocycles. The van der Waals surface area contributed by atoms with Gasteiger partial charge in [0.2, 0.25) is 5.89 Å². The van der Waals surface area contributed by atoms with E-state index in [9.17, 15) is 0 Å². The zero-order valence-corrected chi connectivity index (χ0v) is 13.5. The van der Waals surface area contributed by atoms with Crippen LogP contribution in [0.5, 0.6) is 0 Å². The number of nitrogens with zero attached hydrogens (tertiary/aromatic N) is 3. The molecule has 1 fully saturated rings.